The SMILES string of the molecule is NS(=O)(=O)c1ccc(CCNC(=O)C[NH2+]CCCc2ccccc2)cc1. The van der Waals surface area contributed by atoms with Crippen LogP contribution in [0.3, 0.4) is 0 Å². The van der Waals surface area contributed by atoms with Crippen LogP contribution in [-0.2, 0) is 27.7 Å². The molecule has 26 heavy (non-hydrogen) atoms. The van der Waals surface area contributed by atoms with E-state index in [4.69, 9.17) is 5.14 Å². The summed E-state index contributed by atoms with van der Waals surface area (Å²) in [5.41, 5.74) is 2.27. The quantitative estimate of drug-likeness (QED) is 0.515. The van der Waals surface area contributed by atoms with Crippen LogP contribution in [0.5, 0.6) is 0 Å². The molecule has 0 aromatic heterocycles. The molecule has 0 aliphatic rings. The van der Waals surface area contributed by atoms with Crippen molar-refractivity contribution in [1.82, 2.24) is 5.32 Å². The van der Waals surface area contributed by atoms with Crippen LogP contribution >= 0.6 is 0 Å². The minimum Gasteiger partial charge on any atom is -0.351 e. The van der Waals surface area contributed by atoms with E-state index < -0.39 is 10.0 Å². The molecule has 140 valence electrons. The number of nitrogens with one attached hydrogen (secondary N) is 1. The number of quaternary nitrogens is 1. The van der Waals surface area contributed by atoms with Gasteiger partial charge in [0.1, 0.15) is 0 Å². The molecule has 0 fully saturated rings. The van der Waals surface area contributed by atoms with Crippen molar-refractivity contribution in [2.45, 2.75) is 24.2 Å². The summed E-state index contributed by atoms with van der Waals surface area (Å²) in [7, 11) is -3.66. The smallest absolute Gasteiger partial charge is 0.275 e. The molecule has 0 heterocycles. The first-order valence-corrected chi connectivity index (χ1v) is 10.2. The summed E-state index contributed by atoms with van der Waals surface area (Å²) in [6.07, 6.45) is 2.70. The maximum atomic E-state index is 11.8. The van der Waals surface area contributed by atoms with E-state index in [-0.39, 0.29) is 10.8 Å². The maximum Gasteiger partial charge on any atom is 0.275 e. The Balaban J connectivity index is 1.57. The van der Waals surface area contributed by atoms with Gasteiger partial charge in [-0.05, 0) is 36.1 Å². The van der Waals surface area contributed by atoms with Gasteiger partial charge in [-0.25, -0.2) is 13.6 Å². The standard InChI is InChI=1S/C19H25N3O3S/c20-26(24,25)18-10-8-17(9-11-18)12-14-22-19(23)15-21-13-4-7-16-5-2-1-3-6-16/h1-3,5-6,8-11,21H,4,7,12-15H2,(H,22,23)(H2,20,24,25)/p+1. The first-order valence-electron chi connectivity index (χ1n) is 8.69. The third-order valence-electron chi connectivity index (χ3n) is 4.03. The molecule has 6 nitrogen and oxygen atoms in total. The lowest BCUT2D eigenvalue weighted by Gasteiger charge is -2.06. The molecule has 0 spiro atoms. The van der Waals surface area contributed by atoms with E-state index in [1.807, 2.05) is 23.5 Å². The topological polar surface area (TPSA) is 106 Å². The fourth-order valence-corrected chi connectivity index (χ4v) is 3.11. The molecule has 0 bridgehead atoms. The Labute approximate surface area is 154 Å². The van der Waals surface area contributed by atoms with Crippen molar-refractivity contribution in [2.75, 3.05) is 19.6 Å². The van der Waals surface area contributed by atoms with Gasteiger partial charge in [-0.2, -0.15) is 0 Å². The molecule has 0 aliphatic heterocycles. The van der Waals surface area contributed by atoms with E-state index >= 15 is 0 Å². The molecule has 0 unspecified atom stereocenters. The van der Waals surface area contributed by atoms with Gasteiger partial charge in [0.25, 0.3) is 5.91 Å². The first-order chi connectivity index (χ1) is 12.4. The second-order valence-corrected chi connectivity index (χ2v) is 7.72. The lowest BCUT2D eigenvalue weighted by Crippen LogP contribution is -2.86. The van der Waals surface area contributed by atoms with E-state index in [0.29, 0.717) is 19.5 Å². The van der Waals surface area contributed by atoms with E-state index in [1.54, 1.807) is 12.1 Å². The number of carbonyl (C=O) groups is 1. The largest absolute Gasteiger partial charge is 0.351 e. The lowest BCUT2D eigenvalue weighted by molar-refractivity contribution is -0.644. The number of nitrogens with two attached hydrogens (primary N) is 2. The van der Waals surface area contributed by atoms with E-state index in [2.05, 4.69) is 17.4 Å². The minimum absolute atomic E-state index is 0.00543. The zero-order valence-electron chi connectivity index (χ0n) is 14.7. The number of hydrogen-bond acceptors (Lipinski definition) is 3. The van der Waals surface area contributed by atoms with E-state index in [9.17, 15) is 13.2 Å². The Morgan fingerprint density at radius 1 is 0.962 bits per heavy atom. The van der Waals surface area contributed by atoms with Crippen molar-refractivity contribution in [3.05, 3.63) is 65.7 Å². The molecule has 2 rings (SSSR count). The summed E-state index contributed by atoms with van der Waals surface area (Å²) < 4.78 is 22.4. The van der Waals surface area contributed by atoms with Crippen molar-refractivity contribution in [1.29, 1.82) is 0 Å². The van der Waals surface area contributed by atoms with Gasteiger partial charge in [-0.3, -0.25) is 4.79 Å². The number of rotatable bonds is 10. The zero-order valence-corrected chi connectivity index (χ0v) is 15.5. The average Bonchev–Trinajstić information content (AvgIpc) is 2.62. The third-order valence-corrected chi connectivity index (χ3v) is 4.96. The maximum absolute atomic E-state index is 11.8. The van der Waals surface area contributed by atoms with Crippen molar-refractivity contribution in [2.24, 2.45) is 5.14 Å². The fourth-order valence-electron chi connectivity index (χ4n) is 2.59. The molecule has 0 aliphatic carbocycles. The van der Waals surface area contributed by atoms with Crippen molar-refractivity contribution >= 4 is 15.9 Å². The van der Waals surface area contributed by atoms with Crippen LogP contribution in [0, 0.1) is 0 Å². The van der Waals surface area contributed by atoms with Gasteiger partial charge in [0.2, 0.25) is 10.0 Å². The van der Waals surface area contributed by atoms with Gasteiger partial charge in [0.15, 0.2) is 6.54 Å². The Hall–Kier alpha value is -2.22. The summed E-state index contributed by atoms with van der Waals surface area (Å²) in [6.45, 7) is 1.85. The van der Waals surface area contributed by atoms with Gasteiger partial charge in [0, 0.05) is 13.0 Å². The van der Waals surface area contributed by atoms with Crippen molar-refractivity contribution in [3.63, 3.8) is 0 Å². The number of hydrogen-bond donors (Lipinski definition) is 3. The van der Waals surface area contributed by atoms with Gasteiger partial charge >= 0.3 is 0 Å². The average molecular weight is 377 g/mol. The summed E-state index contributed by atoms with van der Waals surface area (Å²) in [4.78, 5) is 11.9. The summed E-state index contributed by atoms with van der Waals surface area (Å²) >= 11 is 0. The second kappa shape index (κ2) is 10.1. The summed E-state index contributed by atoms with van der Waals surface area (Å²) in [5.74, 6) is 0.00543. The predicted octanol–water partition coefficient (Wildman–Crippen LogP) is 0.189. The number of carbonyl (C=O) groups excluding carboxylic acids is 1. The highest BCUT2D eigenvalue weighted by Crippen LogP contribution is 2.08. The molecule has 2 aromatic rings. The van der Waals surface area contributed by atoms with Crippen molar-refractivity contribution < 1.29 is 18.5 Å². The minimum atomic E-state index is -3.66. The van der Waals surface area contributed by atoms with E-state index in [1.165, 1.54) is 17.7 Å². The molecule has 7 heteroatoms. The normalized spacial score (nSPS) is 11.3. The number of benzene rings is 2. The van der Waals surface area contributed by atoms with Crippen LogP contribution < -0.4 is 15.8 Å². The van der Waals surface area contributed by atoms with Crippen LogP contribution in [0.15, 0.2) is 59.5 Å². The Kier molecular flexibility index (Phi) is 7.77. The second-order valence-electron chi connectivity index (χ2n) is 6.16. The highest BCUT2D eigenvalue weighted by Gasteiger charge is 2.07. The van der Waals surface area contributed by atoms with Crippen molar-refractivity contribution in [3.8, 4) is 0 Å². The molecule has 0 atom stereocenters. The molecule has 0 radical (unpaired) electrons. The summed E-state index contributed by atoms with van der Waals surface area (Å²) in [5, 5.41) is 9.94. The van der Waals surface area contributed by atoms with Crippen LogP contribution in [-0.4, -0.2) is 34.0 Å². The van der Waals surface area contributed by atoms with Crippen LogP contribution in [0.1, 0.15) is 17.5 Å². The van der Waals surface area contributed by atoms with Gasteiger partial charge < -0.3 is 10.6 Å². The Bertz CT molecular complexity index is 791. The Morgan fingerprint density at radius 3 is 2.27 bits per heavy atom. The molecule has 2 aromatic carbocycles. The third kappa shape index (κ3) is 7.35. The van der Waals surface area contributed by atoms with E-state index in [0.717, 1.165) is 24.9 Å². The first kappa shape index (κ1) is 20.1. The van der Waals surface area contributed by atoms with Crippen LogP contribution in [0.2, 0.25) is 0 Å². The molecular formula is C19H26N3O3S+. The molecular weight excluding hydrogens is 350 g/mol. The molecule has 0 saturated heterocycles. The highest BCUT2D eigenvalue weighted by molar-refractivity contribution is 7.89. The Morgan fingerprint density at radius 2 is 1.62 bits per heavy atom. The number of amides is 1. The molecule has 0 saturated carbocycles. The number of aryl methyl sites for hydroxylation is 1. The number of primary sulfonamides is 1. The van der Waals surface area contributed by atoms with Gasteiger partial charge in [0.05, 0.1) is 11.4 Å². The number of sulfonamides is 1. The van der Waals surface area contributed by atoms with Crippen LogP contribution in [0.25, 0.3) is 0 Å². The highest BCUT2D eigenvalue weighted by atomic mass is 32.2. The lowest BCUT2D eigenvalue weighted by atomic mass is 10.1. The molecule has 1 amide bonds. The molecule has 5 N–H and O–H groups in total. The summed E-state index contributed by atoms with van der Waals surface area (Å²) in [6, 6.07) is 16.7. The monoisotopic (exact) mass is 376 g/mol. The fraction of sp³-hybridized carbons (Fsp3) is 0.316. The predicted molar refractivity (Wildman–Crippen MR) is 101 cm³/mol. The van der Waals surface area contributed by atoms with Gasteiger partial charge in [-0.15, -0.1) is 0 Å². The zero-order chi connectivity index (χ0) is 18.8. The van der Waals surface area contributed by atoms with Crippen LogP contribution in [0.4, 0.5) is 0 Å². The van der Waals surface area contributed by atoms with Gasteiger partial charge in [-0.1, -0.05) is 42.5 Å².